The summed E-state index contributed by atoms with van der Waals surface area (Å²) in [6.45, 7) is 6.81. The molecule has 7 amide bonds. The molecule has 0 aliphatic carbocycles. The lowest BCUT2D eigenvalue weighted by atomic mass is 9.97. The number of carbonyl (C=O) groups is 7. The Morgan fingerprint density at radius 3 is 1.85 bits per heavy atom. The number of fused-ring (bicyclic) bond motifs is 3. The molecule has 0 saturated carbocycles. The molecule has 16 heteroatoms. The molecule has 8 atom stereocenters. The summed E-state index contributed by atoms with van der Waals surface area (Å²) in [4.78, 5) is 106. The van der Waals surface area contributed by atoms with Gasteiger partial charge in [0, 0.05) is 43.0 Å². The molecule has 3 aliphatic heterocycles. The van der Waals surface area contributed by atoms with Crippen molar-refractivity contribution in [1.29, 1.82) is 0 Å². The van der Waals surface area contributed by atoms with E-state index in [0.29, 0.717) is 37.7 Å². The minimum atomic E-state index is -1.50. The Bertz CT molecular complexity index is 2050. The van der Waals surface area contributed by atoms with Crippen molar-refractivity contribution in [3.63, 3.8) is 0 Å². The van der Waals surface area contributed by atoms with Crippen LogP contribution in [0.1, 0.15) is 70.9 Å². The maximum Gasteiger partial charge on any atom is 0.246 e. The summed E-state index contributed by atoms with van der Waals surface area (Å²) in [5.41, 5.74) is 2.33. The summed E-state index contributed by atoms with van der Waals surface area (Å²) in [6, 6.07) is 8.53. The Kier molecular flexibility index (Phi) is 14.3. The predicted octanol–water partition coefficient (Wildman–Crippen LogP) is 1.07. The number of aromatic amines is 1. The van der Waals surface area contributed by atoms with Crippen molar-refractivity contribution in [2.75, 3.05) is 19.7 Å². The van der Waals surface area contributed by atoms with E-state index in [4.69, 9.17) is 0 Å². The highest BCUT2D eigenvalue weighted by Gasteiger charge is 2.44. The fourth-order valence-corrected chi connectivity index (χ4v) is 8.48. The maximum absolute atomic E-state index is 14.7. The van der Waals surface area contributed by atoms with Crippen LogP contribution in [-0.4, -0.2) is 123 Å². The number of nitrogens with one attached hydrogen (secondary N) is 6. The molecule has 3 aromatic rings. The van der Waals surface area contributed by atoms with Crippen LogP contribution in [0, 0.1) is 11.8 Å². The van der Waals surface area contributed by atoms with Crippen molar-refractivity contribution >= 4 is 52.3 Å². The quantitative estimate of drug-likeness (QED) is 0.174. The third kappa shape index (κ3) is 9.81. The summed E-state index contributed by atoms with van der Waals surface area (Å²) in [5, 5.41) is 25.2. The number of nitrogens with zero attached hydrogens (tertiary/aromatic N) is 2. The van der Waals surface area contributed by atoms with Gasteiger partial charge in [-0.05, 0) is 54.7 Å². The van der Waals surface area contributed by atoms with E-state index in [9.17, 15) is 38.7 Å². The molecule has 1 unspecified atom stereocenters. The number of para-hydroxylation sites is 1. The molecule has 0 bridgehead atoms. The average Bonchev–Trinajstić information content (AvgIpc) is 4.03. The molecule has 0 spiro atoms. The van der Waals surface area contributed by atoms with Gasteiger partial charge in [0.2, 0.25) is 41.4 Å². The van der Waals surface area contributed by atoms with E-state index in [1.807, 2.05) is 37.3 Å². The number of hydrogen-bond acceptors (Lipinski definition) is 8. The van der Waals surface area contributed by atoms with Crippen LogP contribution in [0.4, 0.5) is 0 Å². The van der Waals surface area contributed by atoms with Gasteiger partial charge in [-0.1, -0.05) is 82.6 Å². The number of benzene rings is 2. The molecule has 60 heavy (non-hydrogen) atoms. The van der Waals surface area contributed by atoms with Crippen LogP contribution in [0.3, 0.4) is 0 Å². The molecular formula is C44H58N8O8. The second kappa shape index (κ2) is 19.5. The Morgan fingerprint density at radius 2 is 1.20 bits per heavy atom. The summed E-state index contributed by atoms with van der Waals surface area (Å²) in [6.07, 6.45) is 4.02. The van der Waals surface area contributed by atoms with E-state index >= 15 is 0 Å². The second-order valence-corrected chi connectivity index (χ2v) is 16.6. The van der Waals surface area contributed by atoms with Gasteiger partial charge in [0.1, 0.15) is 42.3 Å². The van der Waals surface area contributed by atoms with E-state index in [0.717, 1.165) is 16.5 Å². The minimum Gasteiger partial charge on any atom is -0.394 e. The largest absolute Gasteiger partial charge is 0.394 e. The zero-order valence-electron chi connectivity index (χ0n) is 34.7. The highest BCUT2D eigenvalue weighted by atomic mass is 16.3. The number of amides is 7. The van der Waals surface area contributed by atoms with Crippen molar-refractivity contribution in [3.05, 3.63) is 71.9 Å². The lowest BCUT2D eigenvalue weighted by Crippen LogP contribution is -2.61. The molecule has 6 rings (SSSR count). The molecule has 7 N–H and O–H groups in total. The van der Waals surface area contributed by atoms with Crippen LogP contribution in [0.25, 0.3) is 10.9 Å². The van der Waals surface area contributed by atoms with Crippen molar-refractivity contribution in [2.45, 2.75) is 115 Å². The second-order valence-electron chi connectivity index (χ2n) is 16.6. The zero-order valence-corrected chi connectivity index (χ0v) is 34.7. The van der Waals surface area contributed by atoms with Crippen LogP contribution in [-0.2, 0) is 46.4 Å². The number of aromatic nitrogens is 1. The van der Waals surface area contributed by atoms with Crippen LogP contribution in [0.15, 0.2) is 60.8 Å². The van der Waals surface area contributed by atoms with Crippen molar-refractivity contribution < 1.29 is 38.7 Å². The fraction of sp³-hybridized carbons (Fsp3) is 0.523. The van der Waals surface area contributed by atoms with Crippen LogP contribution in [0.5, 0.6) is 0 Å². The first kappa shape index (κ1) is 43.8. The minimum absolute atomic E-state index is 0.0214. The normalized spacial score (nSPS) is 27.0. The smallest absolute Gasteiger partial charge is 0.246 e. The van der Waals surface area contributed by atoms with Crippen molar-refractivity contribution in [2.24, 2.45) is 11.8 Å². The molecule has 4 heterocycles. The van der Waals surface area contributed by atoms with Crippen LogP contribution in [0.2, 0.25) is 0 Å². The Hall–Kier alpha value is -5.77. The molecule has 3 aliphatic rings. The first-order chi connectivity index (χ1) is 28.8. The van der Waals surface area contributed by atoms with Gasteiger partial charge in [0.25, 0.3) is 0 Å². The lowest BCUT2D eigenvalue weighted by molar-refractivity contribution is -0.145. The van der Waals surface area contributed by atoms with E-state index in [1.165, 1.54) is 9.80 Å². The molecule has 0 radical (unpaired) electrons. The number of rotatable bonds is 8. The van der Waals surface area contributed by atoms with E-state index in [1.54, 1.807) is 51.2 Å². The van der Waals surface area contributed by atoms with Gasteiger partial charge in [-0.3, -0.25) is 33.6 Å². The first-order valence-corrected chi connectivity index (χ1v) is 21.1. The number of H-pyrrole nitrogens is 1. The van der Waals surface area contributed by atoms with E-state index in [2.05, 4.69) is 31.6 Å². The summed E-state index contributed by atoms with van der Waals surface area (Å²) < 4.78 is 0. The van der Waals surface area contributed by atoms with Crippen LogP contribution >= 0.6 is 0 Å². The number of aliphatic hydroxyl groups excluding tert-OH is 1. The van der Waals surface area contributed by atoms with Gasteiger partial charge in [0.15, 0.2) is 0 Å². The molecular weight excluding hydrogens is 769 g/mol. The van der Waals surface area contributed by atoms with E-state index < -0.39 is 102 Å². The van der Waals surface area contributed by atoms with Gasteiger partial charge >= 0.3 is 0 Å². The monoisotopic (exact) mass is 826 g/mol. The SMILES string of the molecule is CCC(C)[C@@H]1NC(=O)[C@@H]2CCCN2C(=O)[C@H](Cc2c[nH]c3ccccc23)NC(=O)[C@@H]2CCCN2C(=O)[C@H](C(C)C)NC(=O)[C@H](Cc2ccccc2)NC(=O)[C@H](CO)NC1=O. The van der Waals surface area contributed by atoms with E-state index in [-0.39, 0.29) is 25.9 Å². The summed E-state index contributed by atoms with van der Waals surface area (Å²) in [7, 11) is 0. The standard InChI is InChI=1S/C44H58N8O8/c1-5-26(4)37-42(58)48-33(24-53)39(55)46-31(21-27-13-7-6-8-14-27)38(54)49-36(25(2)3)44(60)52-20-12-17-34(52)40(56)47-32(22-28-23-45-30-16-10-9-15-29(28)30)43(59)51-19-11-18-35(51)41(57)50-37/h6-10,13-16,23,25-26,31-37,45,53H,5,11-12,17-22,24H2,1-4H3,(H,46,55)(H,47,56)(H,48,58)(H,49,54)(H,50,57)/t26?,31-,32-,33-,34-,35-,36-,37-/m0/s1. The Balaban J connectivity index is 1.39. The third-order valence-electron chi connectivity index (χ3n) is 12.1. The number of carbonyl (C=O) groups excluding carboxylic acids is 7. The first-order valence-electron chi connectivity index (χ1n) is 21.1. The Labute approximate surface area is 350 Å². The summed E-state index contributed by atoms with van der Waals surface area (Å²) in [5.74, 6) is -5.18. The zero-order chi connectivity index (χ0) is 43.1. The fourth-order valence-electron chi connectivity index (χ4n) is 8.48. The van der Waals surface area contributed by atoms with Crippen molar-refractivity contribution in [1.82, 2.24) is 41.4 Å². The summed E-state index contributed by atoms with van der Waals surface area (Å²) >= 11 is 0. The Morgan fingerprint density at radius 1 is 0.633 bits per heavy atom. The van der Waals surface area contributed by atoms with Gasteiger partial charge < -0.3 is 46.5 Å². The highest BCUT2D eigenvalue weighted by Crippen LogP contribution is 2.26. The highest BCUT2D eigenvalue weighted by molar-refractivity contribution is 5.99. The molecule has 1 aromatic heterocycles. The van der Waals surface area contributed by atoms with Gasteiger partial charge in [0.05, 0.1) is 6.61 Å². The topological polar surface area (TPSA) is 222 Å². The molecule has 3 saturated heterocycles. The van der Waals surface area contributed by atoms with Gasteiger partial charge in [-0.25, -0.2) is 0 Å². The number of aliphatic hydroxyl groups is 1. The molecule has 2 aromatic carbocycles. The number of hydrogen-bond donors (Lipinski definition) is 7. The molecule has 3 fully saturated rings. The lowest BCUT2D eigenvalue weighted by Gasteiger charge is -2.33. The third-order valence-corrected chi connectivity index (χ3v) is 12.1. The van der Waals surface area contributed by atoms with Gasteiger partial charge in [-0.15, -0.1) is 0 Å². The average molecular weight is 827 g/mol. The van der Waals surface area contributed by atoms with Crippen molar-refractivity contribution in [3.8, 4) is 0 Å². The van der Waals surface area contributed by atoms with Gasteiger partial charge in [-0.2, -0.15) is 0 Å². The van der Waals surface area contributed by atoms with Crippen LogP contribution < -0.4 is 26.6 Å². The predicted molar refractivity (Wildman–Crippen MR) is 223 cm³/mol. The molecule has 322 valence electrons. The maximum atomic E-state index is 14.7. The molecule has 16 nitrogen and oxygen atoms in total.